The number of aliphatic hydroxyl groups excluding tert-OH is 1. The predicted octanol–water partition coefficient (Wildman–Crippen LogP) is 2.74. The van der Waals surface area contributed by atoms with Gasteiger partial charge in [0.15, 0.2) is 0 Å². The number of aliphatic hydroxyl groups is 1. The monoisotopic (exact) mass is 394 g/mol. The van der Waals surface area contributed by atoms with Gasteiger partial charge in [-0.3, -0.25) is 10.1 Å². The van der Waals surface area contributed by atoms with Gasteiger partial charge in [-0.15, -0.1) is 0 Å². The topological polar surface area (TPSA) is 137 Å². The van der Waals surface area contributed by atoms with Crippen molar-refractivity contribution in [3.63, 3.8) is 0 Å². The maximum atomic E-state index is 11.4. The Bertz CT molecular complexity index is 685. The minimum atomic E-state index is -0.869. The van der Waals surface area contributed by atoms with Crippen molar-refractivity contribution in [2.24, 2.45) is 17.6 Å². The van der Waals surface area contributed by atoms with Crippen LogP contribution >= 0.6 is 0 Å². The lowest BCUT2D eigenvalue weighted by molar-refractivity contribution is -0.384. The standard InChI is InChI=1S/C20H34N4O4/c1-12(2)20(13(3)4)19(25)18(23-9-7-5-6-8-21)14-10-15(22)16(24(26)27)11-17(14)28-20/h10-13,18-19,23,25H,5-9,21-22H2,1-4H3. The number of hydrogen-bond acceptors (Lipinski definition) is 7. The number of unbranched alkanes of at least 4 members (excludes halogenated alkanes) is 2. The molecule has 1 aromatic rings. The van der Waals surface area contributed by atoms with Crippen LogP contribution in [0.4, 0.5) is 11.4 Å². The van der Waals surface area contributed by atoms with E-state index in [0.717, 1.165) is 19.3 Å². The highest BCUT2D eigenvalue weighted by Gasteiger charge is 2.53. The molecule has 8 nitrogen and oxygen atoms in total. The Kier molecular flexibility index (Phi) is 7.25. The normalized spacial score (nSPS) is 20.9. The fourth-order valence-electron chi connectivity index (χ4n) is 4.29. The van der Waals surface area contributed by atoms with Crippen molar-refractivity contribution in [1.29, 1.82) is 0 Å². The van der Waals surface area contributed by atoms with Gasteiger partial charge in [0.1, 0.15) is 23.1 Å². The minimum Gasteiger partial charge on any atom is -0.483 e. The summed E-state index contributed by atoms with van der Waals surface area (Å²) in [5, 5.41) is 26.1. The van der Waals surface area contributed by atoms with Crippen molar-refractivity contribution in [2.45, 2.75) is 64.7 Å². The fraction of sp³-hybridized carbons (Fsp3) is 0.700. The maximum Gasteiger partial charge on any atom is 0.295 e. The van der Waals surface area contributed by atoms with Crippen LogP contribution in [-0.2, 0) is 0 Å². The van der Waals surface area contributed by atoms with Crippen LogP contribution in [0.3, 0.4) is 0 Å². The molecule has 1 aromatic carbocycles. The van der Waals surface area contributed by atoms with Gasteiger partial charge in [-0.2, -0.15) is 0 Å². The van der Waals surface area contributed by atoms with Gasteiger partial charge in [0.25, 0.3) is 5.69 Å². The Labute approximate surface area is 166 Å². The van der Waals surface area contributed by atoms with Gasteiger partial charge < -0.3 is 26.6 Å². The third kappa shape index (κ3) is 4.09. The molecule has 1 heterocycles. The van der Waals surface area contributed by atoms with Gasteiger partial charge in [-0.25, -0.2) is 0 Å². The van der Waals surface area contributed by atoms with Crippen LogP contribution in [0.1, 0.15) is 58.6 Å². The number of nitro benzene ring substituents is 1. The zero-order valence-corrected chi connectivity index (χ0v) is 17.3. The molecule has 0 spiro atoms. The summed E-state index contributed by atoms with van der Waals surface area (Å²) in [6.07, 6.45) is 2.05. The van der Waals surface area contributed by atoms with E-state index >= 15 is 0 Å². The maximum absolute atomic E-state index is 11.4. The summed E-state index contributed by atoms with van der Waals surface area (Å²) in [5.41, 5.74) is 11.1. The summed E-state index contributed by atoms with van der Waals surface area (Å²) in [6.45, 7) is 9.35. The lowest BCUT2D eigenvalue weighted by Crippen LogP contribution is -2.62. The van der Waals surface area contributed by atoms with E-state index in [9.17, 15) is 15.2 Å². The molecule has 0 bridgehead atoms. The first-order valence-electron chi connectivity index (χ1n) is 10.0. The van der Waals surface area contributed by atoms with Crippen molar-refractivity contribution in [3.8, 4) is 5.75 Å². The summed E-state index contributed by atoms with van der Waals surface area (Å²) >= 11 is 0. The fourth-order valence-corrected chi connectivity index (χ4v) is 4.29. The minimum absolute atomic E-state index is 0.00574. The van der Waals surface area contributed by atoms with E-state index in [1.54, 1.807) is 6.07 Å². The number of nitrogens with one attached hydrogen (secondary N) is 1. The summed E-state index contributed by atoms with van der Waals surface area (Å²) in [7, 11) is 0. The first-order valence-corrected chi connectivity index (χ1v) is 10.0. The van der Waals surface area contributed by atoms with Crippen LogP contribution in [-0.4, -0.2) is 34.8 Å². The smallest absolute Gasteiger partial charge is 0.295 e. The van der Waals surface area contributed by atoms with E-state index in [0.29, 0.717) is 24.4 Å². The van der Waals surface area contributed by atoms with Crippen molar-refractivity contribution < 1.29 is 14.8 Å². The summed E-state index contributed by atoms with van der Waals surface area (Å²) in [4.78, 5) is 10.8. The largest absolute Gasteiger partial charge is 0.483 e. The molecule has 0 amide bonds. The van der Waals surface area contributed by atoms with Crippen molar-refractivity contribution in [3.05, 3.63) is 27.8 Å². The molecule has 2 atom stereocenters. The molecular weight excluding hydrogens is 360 g/mol. The first kappa shape index (κ1) is 22.4. The molecule has 1 aliphatic heterocycles. The second-order valence-electron chi connectivity index (χ2n) is 8.20. The number of benzene rings is 1. The van der Waals surface area contributed by atoms with Gasteiger partial charge >= 0.3 is 0 Å². The molecule has 8 heteroatoms. The molecule has 6 N–H and O–H groups in total. The molecule has 2 rings (SSSR count). The van der Waals surface area contributed by atoms with E-state index in [4.69, 9.17) is 16.2 Å². The first-order chi connectivity index (χ1) is 13.2. The Morgan fingerprint density at radius 2 is 1.89 bits per heavy atom. The number of nitro groups is 1. The highest BCUT2D eigenvalue weighted by Crippen LogP contribution is 2.48. The second-order valence-corrected chi connectivity index (χ2v) is 8.20. The quantitative estimate of drug-likeness (QED) is 0.219. The van der Waals surface area contributed by atoms with Crippen LogP contribution < -0.4 is 21.5 Å². The number of rotatable bonds is 9. The van der Waals surface area contributed by atoms with Crippen LogP contribution in [0.25, 0.3) is 0 Å². The van der Waals surface area contributed by atoms with Crippen molar-refractivity contribution >= 4 is 11.4 Å². The van der Waals surface area contributed by atoms with Gasteiger partial charge in [-0.1, -0.05) is 34.1 Å². The van der Waals surface area contributed by atoms with Crippen LogP contribution in [0.2, 0.25) is 0 Å². The molecule has 0 saturated carbocycles. The highest BCUT2D eigenvalue weighted by atomic mass is 16.6. The predicted molar refractivity (Wildman–Crippen MR) is 110 cm³/mol. The summed E-state index contributed by atoms with van der Waals surface area (Å²) in [5.74, 6) is 0.399. The van der Waals surface area contributed by atoms with Crippen molar-refractivity contribution in [1.82, 2.24) is 5.32 Å². The number of anilines is 1. The van der Waals surface area contributed by atoms with E-state index in [1.807, 2.05) is 27.7 Å². The Morgan fingerprint density at radius 3 is 2.43 bits per heavy atom. The molecule has 0 radical (unpaired) electrons. The molecular formula is C20H34N4O4. The molecule has 0 fully saturated rings. The average Bonchev–Trinajstić information content (AvgIpc) is 2.61. The molecule has 28 heavy (non-hydrogen) atoms. The number of hydrogen-bond donors (Lipinski definition) is 4. The second kappa shape index (κ2) is 9.07. The lowest BCUT2D eigenvalue weighted by atomic mass is 9.70. The van der Waals surface area contributed by atoms with E-state index in [1.165, 1.54) is 6.07 Å². The Balaban J connectivity index is 2.47. The molecule has 158 valence electrons. The Morgan fingerprint density at radius 1 is 1.25 bits per heavy atom. The third-order valence-corrected chi connectivity index (χ3v) is 5.81. The zero-order valence-electron chi connectivity index (χ0n) is 17.3. The summed E-state index contributed by atoms with van der Waals surface area (Å²) in [6, 6.07) is 2.52. The third-order valence-electron chi connectivity index (χ3n) is 5.81. The van der Waals surface area contributed by atoms with Crippen LogP contribution in [0.15, 0.2) is 12.1 Å². The van der Waals surface area contributed by atoms with Gasteiger partial charge in [0.05, 0.1) is 17.0 Å². The molecule has 2 unspecified atom stereocenters. The number of fused-ring (bicyclic) bond motifs is 1. The van der Waals surface area contributed by atoms with Crippen LogP contribution in [0, 0.1) is 22.0 Å². The van der Waals surface area contributed by atoms with E-state index < -0.39 is 22.7 Å². The zero-order chi connectivity index (χ0) is 21.1. The summed E-state index contributed by atoms with van der Waals surface area (Å²) < 4.78 is 6.31. The van der Waals surface area contributed by atoms with Gasteiger partial charge in [0, 0.05) is 5.56 Å². The van der Waals surface area contributed by atoms with Gasteiger partial charge in [0.2, 0.25) is 0 Å². The average molecular weight is 395 g/mol. The SMILES string of the molecule is CC(C)C1(C(C)C)Oc2cc([N+](=O)[O-])c(N)cc2C(NCCCCCN)C1O. The van der Waals surface area contributed by atoms with E-state index in [-0.39, 0.29) is 23.2 Å². The Hall–Kier alpha value is -1.90. The molecule has 0 saturated heterocycles. The van der Waals surface area contributed by atoms with Crippen molar-refractivity contribution in [2.75, 3.05) is 18.8 Å². The van der Waals surface area contributed by atoms with Crippen LogP contribution in [0.5, 0.6) is 5.75 Å². The van der Waals surface area contributed by atoms with Gasteiger partial charge in [-0.05, 0) is 43.8 Å². The number of nitrogen functional groups attached to an aromatic ring is 1. The molecule has 0 aliphatic carbocycles. The number of nitrogens with zero attached hydrogens (tertiary/aromatic N) is 1. The highest BCUT2D eigenvalue weighted by molar-refractivity contribution is 5.65. The lowest BCUT2D eigenvalue weighted by Gasteiger charge is -2.51. The number of ether oxygens (including phenoxy) is 1. The molecule has 1 aliphatic rings. The molecule has 0 aromatic heterocycles. The van der Waals surface area contributed by atoms with E-state index in [2.05, 4.69) is 5.32 Å². The number of nitrogens with two attached hydrogens (primary N) is 2.